The predicted octanol–water partition coefficient (Wildman–Crippen LogP) is 5.44. The number of rotatable bonds is 8. The normalized spacial score (nSPS) is 11.8. The number of nitrogens with one attached hydrogen (secondary N) is 2. The molecule has 1 aromatic heterocycles. The van der Waals surface area contributed by atoms with Crippen molar-refractivity contribution in [1.29, 1.82) is 0 Å². The molecule has 0 fully saturated rings. The summed E-state index contributed by atoms with van der Waals surface area (Å²) in [5.41, 5.74) is 3.38. The molecule has 0 aliphatic rings. The third-order valence-electron chi connectivity index (χ3n) is 5.10. The van der Waals surface area contributed by atoms with Crippen molar-refractivity contribution in [3.63, 3.8) is 0 Å². The molecule has 0 spiro atoms. The third kappa shape index (κ3) is 6.28. The predicted molar refractivity (Wildman–Crippen MR) is 133 cm³/mol. The molecule has 33 heavy (non-hydrogen) atoms. The molecular weight excluding hydrogens is 481 g/mol. The fourth-order valence-corrected chi connectivity index (χ4v) is 4.49. The van der Waals surface area contributed by atoms with E-state index >= 15 is 0 Å². The minimum atomic E-state index is -0.421. The molecule has 10 heteroatoms. The van der Waals surface area contributed by atoms with Gasteiger partial charge < -0.3 is 15.2 Å². The number of nitrogens with zero attached hydrogens (tertiary/aromatic N) is 3. The van der Waals surface area contributed by atoms with Gasteiger partial charge in [0.2, 0.25) is 5.91 Å². The summed E-state index contributed by atoms with van der Waals surface area (Å²) >= 11 is 13.3. The highest BCUT2D eigenvalue weighted by molar-refractivity contribution is 7.99. The molecule has 2 N–H and O–H groups in total. The average Bonchev–Trinajstić information content (AvgIpc) is 3.18. The van der Waals surface area contributed by atoms with E-state index in [-0.39, 0.29) is 22.6 Å². The summed E-state index contributed by atoms with van der Waals surface area (Å²) in [6, 6.07) is 10.1. The van der Waals surface area contributed by atoms with Crippen molar-refractivity contribution in [2.75, 3.05) is 11.1 Å². The van der Waals surface area contributed by atoms with Crippen molar-refractivity contribution in [2.45, 2.75) is 45.4 Å². The van der Waals surface area contributed by atoms with Gasteiger partial charge in [-0.2, -0.15) is 0 Å². The largest absolute Gasteiger partial charge is 0.342 e. The second kappa shape index (κ2) is 11.0. The number of amides is 2. The SMILES string of the molecule is CCn1c(SCC(=O)Nc2ccc(C)c(C)c2)nnc1[C@@H](C)NC(=O)c1ccc(Cl)cc1Cl. The maximum atomic E-state index is 12.6. The summed E-state index contributed by atoms with van der Waals surface area (Å²) in [7, 11) is 0. The Balaban J connectivity index is 1.64. The van der Waals surface area contributed by atoms with Crippen molar-refractivity contribution in [3.8, 4) is 0 Å². The van der Waals surface area contributed by atoms with Crippen LogP contribution >= 0.6 is 35.0 Å². The van der Waals surface area contributed by atoms with Gasteiger partial charge in [0.15, 0.2) is 11.0 Å². The zero-order valence-electron chi connectivity index (χ0n) is 18.8. The number of thioether (sulfide) groups is 1. The Morgan fingerprint density at radius 2 is 1.85 bits per heavy atom. The van der Waals surface area contributed by atoms with Crippen molar-refractivity contribution in [3.05, 3.63) is 69.0 Å². The molecule has 3 aromatic rings. The van der Waals surface area contributed by atoms with Crippen LogP contribution in [0.15, 0.2) is 41.6 Å². The Labute approximate surface area is 207 Å². The van der Waals surface area contributed by atoms with Crippen LogP contribution in [0.1, 0.15) is 47.2 Å². The second-order valence-electron chi connectivity index (χ2n) is 7.54. The number of hydrogen-bond donors (Lipinski definition) is 2. The van der Waals surface area contributed by atoms with E-state index < -0.39 is 6.04 Å². The molecule has 1 heterocycles. The first-order valence-corrected chi connectivity index (χ1v) is 12.1. The molecule has 2 aromatic carbocycles. The number of aryl methyl sites for hydroxylation is 2. The minimum Gasteiger partial charge on any atom is -0.342 e. The summed E-state index contributed by atoms with van der Waals surface area (Å²) in [5.74, 6) is 0.311. The zero-order valence-corrected chi connectivity index (χ0v) is 21.1. The highest BCUT2D eigenvalue weighted by Crippen LogP contribution is 2.24. The van der Waals surface area contributed by atoms with E-state index in [9.17, 15) is 9.59 Å². The minimum absolute atomic E-state index is 0.130. The van der Waals surface area contributed by atoms with Gasteiger partial charge in [-0.15, -0.1) is 10.2 Å². The fourth-order valence-electron chi connectivity index (χ4n) is 3.18. The molecule has 0 unspecified atom stereocenters. The monoisotopic (exact) mass is 505 g/mol. The van der Waals surface area contributed by atoms with Crippen molar-refractivity contribution >= 4 is 52.5 Å². The molecule has 0 radical (unpaired) electrons. The van der Waals surface area contributed by atoms with Crippen molar-refractivity contribution in [2.24, 2.45) is 0 Å². The number of carbonyl (C=O) groups excluding carboxylic acids is 2. The van der Waals surface area contributed by atoms with E-state index in [1.165, 1.54) is 23.4 Å². The average molecular weight is 506 g/mol. The highest BCUT2D eigenvalue weighted by Gasteiger charge is 2.21. The van der Waals surface area contributed by atoms with Crippen LogP contribution in [0.25, 0.3) is 0 Å². The van der Waals surface area contributed by atoms with Gasteiger partial charge in [0, 0.05) is 17.3 Å². The molecule has 0 saturated heterocycles. The van der Waals surface area contributed by atoms with Gasteiger partial charge in [0.05, 0.1) is 22.4 Å². The van der Waals surface area contributed by atoms with Crippen LogP contribution in [0.2, 0.25) is 10.0 Å². The molecule has 2 amide bonds. The van der Waals surface area contributed by atoms with Crippen molar-refractivity contribution in [1.82, 2.24) is 20.1 Å². The lowest BCUT2D eigenvalue weighted by Crippen LogP contribution is -2.29. The standard InChI is InChI=1S/C23H25Cl2N5O2S/c1-5-30-21(15(4)26-22(32)18-9-7-16(24)11-19(18)25)28-29-23(30)33-12-20(31)27-17-8-6-13(2)14(3)10-17/h6-11,15H,5,12H2,1-4H3,(H,26,32)(H,27,31)/t15-/m1/s1. The molecule has 1 atom stereocenters. The molecule has 0 bridgehead atoms. The number of benzene rings is 2. The fraction of sp³-hybridized carbons (Fsp3) is 0.304. The first kappa shape index (κ1) is 25.1. The lowest BCUT2D eigenvalue weighted by Gasteiger charge is -2.15. The Morgan fingerprint density at radius 3 is 2.52 bits per heavy atom. The lowest BCUT2D eigenvalue weighted by molar-refractivity contribution is -0.113. The van der Waals surface area contributed by atoms with Crippen LogP contribution in [0.3, 0.4) is 0 Å². The number of carbonyl (C=O) groups is 2. The molecule has 7 nitrogen and oxygen atoms in total. The molecule has 0 aliphatic carbocycles. The topological polar surface area (TPSA) is 88.9 Å². The Bertz CT molecular complexity index is 1180. The van der Waals surface area contributed by atoms with Gasteiger partial charge in [-0.3, -0.25) is 9.59 Å². The first-order valence-electron chi connectivity index (χ1n) is 10.4. The third-order valence-corrected chi connectivity index (χ3v) is 6.61. The van der Waals surface area contributed by atoms with Gasteiger partial charge in [-0.05, 0) is 69.2 Å². The summed E-state index contributed by atoms with van der Waals surface area (Å²) in [6.45, 7) is 8.39. The van der Waals surface area contributed by atoms with Crippen LogP contribution in [0.5, 0.6) is 0 Å². The second-order valence-corrected chi connectivity index (χ2v) is 9.33. The van der Waals surface area contributed by atoms with Gasteiger partial charge in [-0.25, -0.2) is 0 Å². The number of aromatic nitrogens is 3. The molecule has 0 saturated carbocycles. The summed E-state index contributed by atoms with van der Waals surface area (Å²) in [6.07, 6.45) is 0. The first-order chi connectivity index (χ1) is 15.7. The van der Waals surface area contributed by atoms with E-state index in [4.69, 9.17) is 23.2 Å². The quantitative estimate of drug-likeness (QED) is 0.397. The van der Waals surface area contributed by atoms with E-state index in [0.29, 0.717) is 28.1 Å². The Hall–Kier alpha value is -2.55. The summed E-state index contributed by atoms with van der Waals surface area (Å²) < 4.78 is 1.88. The van der Waals surface area contributed by atoms with E-state index in [2.05, 4.69) is 20.8 Å². The summed E-state index contributed by atoms with van der Waals surface area (Å²) in [5, 5.41) is 15.6. The van der Waals surface area contributed by atoms with Crippen LogP contribution in [-0.4, -0.2) is 32.3 Å². The van der Waals surface area contributed by atoms with Gasteiger partial charge in [0.25, 0.3) is 5.91 Å². The lowest BCUT2D eigenvalue weighted by atomic mass is 10.1. The van der Waals surface area contributed by atoms with E-state index in [1.54, 1.807) is 12.1 Å². The van der Waals surface area contributed by atoms with Gasteiger partial charge in [-0.1, -0.05) is 41.0 Å². The van der Waals surface area contributed by atoms with Crippen LogP contribution in [-0.2, 0) is 11.3 Å². The Morgan fingerprint density at radius 1 is 1.09 bits per heavy atom. The van der Waals surface area contributed by atoms with E-state index in [1.807, 2.05) is 50.5 Å². The smallest absolute Gasteiger partial charge is 0.253 e. The van der Waals surface area contributed by atoms with Gasteiger partial charge in [0.1, 0.15) is 0 Å². The number of anilines is 1. The molecule has 174 valence electrons. The molecule has 3 rings (SSSR count). The maximum absolute atomic E-state index is 12.6. The van der Waals surface area contributed by atoms with E-state index in [0.717, 1.165) is 11.3 Å². The number of halogens is 2. The molecule has 0 aliphatic heterocycles. The zero-order chi connectivity index (χ0) is 24.1. The van der Waals surface area contributed by atoms with Crippen LogP contribution in [0.4, 0.5) is 5.69 Å². The Kier molecular flexibility index (Phi) is 8.40. The maximum Gasteiger partial charge on any atom is 0.253 e. The summed E-state index contributed by atoms with van der Waals surface area (Å²) in [4.78, 5) is 25.1. The number of hydrogen-bond acceptors (Lipinski definition) is 5. The van der Waals surface area contributed by atoms with Crippen molar-refractivity contribution < 1.29 is 9.59 Å². The highest BCUT2D eigenvalue weighted by atomic mass is 35.5. The van der Waals surface area contributed by atoms with Crippen LogP contribution < -0.4 is 10.6 Å². The van der Waals surface area contributed by atoms with Crippen LogP contribution in [0, 0.1) is 13.8 Å². The molecular formula is C23H25Cl2N5O2S. The van der Waals surface area contributed by atoms with Gasteiger partial charge >= 0.3 is 0 Å².